The zero-order valence-corrected chi connectivity index (χ0v) is 9.35. The van der Waals surface area contributed by atoms with E-state index in [0.717, 1.165) is 31.4 Å². The van der Waals surface area contributed by atoms with Gasteiger partial charge < -0.3 is 14.9 Å². The molecule has 1 unspecified atom stereocenters. The van der Waals surface area contributed by atoms with E-state index in [4.69, 9.17) is 4.74 Å². The highest BCUT2D eigenvalue weighted by Gasteiger charge is 2.32. The Bertz CT molecular complexity index is 326. The maximum absolute atomic E-state index is 9.53. The van der Waals surface area contributed by atoms with Crippen LogP contribution < -0.4 is 0 Å². The van der Waals surface area contributed by atoms with E-state index in [1.807, 2.05) is 12.1 Å². The van der Waals surface area contributed by atoms with E-state index >= 15 is 0 Å². The Hall–Kier alpha value is -1.06. The Labute approximate surface area is 95.7 Å². The summed E-state index contributed by atoms with van der Waals surface area (Å²) in [4.78, 5) is 0. The predicted molar refractivity (Wildman–Crippen MR) is 61.4 cm³/mol. The van der Waals surface area contributed by atoms with Crippen LogP contribution in [0.1, 0.15) is 18.4 Å². The number of phenolic OH excluding ortho intramolecular Hbond substituents is 1. The van der Waals surface area contributed by atoms with Gasteiger partial charge in [0.25, 0.3) is 0 Å². The second kappa shape index (κ2) is 4.85. The van der Waals surface area contributed by atoms with Gasteiger partial charge in [-0.2, -0.15) is 0 Å². The maximum atomic E-state index is 9.53. The molecule has 0 aromatic heterocycles. The molecule has 3 heteroatoms. The third kappa shape index (κ3) is 2.54. The highest BCUT2D eigenvalue weighted by atomic mass is 16.5. The Morgan fingerprint density at radius 2 is 2.00 bits per heavy atom. The minimum Gasteiger partial charge on any atom is -0.508 e. The summed E-state index contributed by atoms with van der Waals surface area (Å²) in [5.74, 6) is 0.279. The first kappa shape index (κ1) is 11.4. The van der Waals surface area contributed by atoms with Crippen molar-refractivity contribution in [2.24, 2.45) is 5.41 Å². The van der Waals surface area contributed by atoms with Gasteiger partial charge in [0, 0.05) is 12.0 Å². The molecule has 0 spiro atoms. The van der Waals surface area contributed by atoms with Crippen LogP contribution in [0.5, 0.6) is 5.75 Å². The predicted octanol–water partition coefficient (Wildman–Crippen LogP) is 1.72. The lowest BCUT2D eigenvalue weighted by Crippen LogP contribution is -2.37. The number of hydrogen-bond acceptors (Lipinski definition) is 3. The molecule has 0 saturated carbocycles. The highest BCUT2D eigenvalue weighted by Crippen LogP contribution is 2.32. The monoisotopic (exact) mass is 222 g/mol. The molecule has 1 aliphatic heterocycles. The van der Waals surface area contributed by atoms with Crippen LogP contribution in [0.15, 0.2) is 24.3 Å². The van der Waals surface area contributed by atoms with Crippen LogP contribution in [-0.4, -0.2) is 30.0 Å². The van der Waals surface area contributed by atoms with Crippen molar-refractivity contribution in [1.82, 2.24) is 0 Å². The molecule has 1 atom stereocenters. The minimum atomic E-state index is -0.130. The summed E-state index contributed by atoms with van der Waals surface area (Å²) in [5, 5.41) is 18.7. The summed E-state index contributed by atoms with van der Waals surface area (Å²) in [5.41, 5.74) is 1.01. The summed E-state index contributed by atoms with van der Waals surface area (Å²) < 4.78 is 5.46. The lowest BCUT2D eigenvalue weighted by atomic mass is 9.78. The molecule has 0 aliphatic carbocycles. The van der Waals surface area contributed by atoms with Crippen molar-refractivity contribution in [3.05, 3.63) is 29.8 Å². The van der Waals surface area contributed by atoms with Crippen LogP contribution in [0.2, 0.25) is 0 Å². The fourth-order valence-corrected chi connectivity index (χ4v) is 2.28. The van der Waals surface area contributed by atoms with Crippen LogP contribution in [0.3, 0.4) is 0 Å². The first-order valence-corrected chi connectivity index (χ1v) is 5.71. The Kier molecular flexibility index (Phi) is 3.46. The summed E-state index contributed by atoms with van der Waals surface area (Å²) in [6.07, 6.45) is 2.83. The van der Waals surface area contributed by atoms with Gasteiger partial charge in [0.05, 0.1) is 13.2 Å². The largest absolute Gasteiger partial charge is 0.508 e. The molecule has 3 nitrogen and oxygen atoms in total. The summed E-state index contributed by atoms with van der Waals surface area (Å²) in [7, 11) is 0. The number of aliphatic hydroxyl groups excluding tert-OH is 1. The summed E-state index contributed by atoms with van der Waals surface area (Å²) >= 11 is 0. The van der Waals surface area contributed by atoms with Gasteiger partial charge in [-0.1, -0.05) is 12.1 Å². The van der Waals surface area contributed by atoms with Crippen molar-refractivity contribution in [2.75, 3.05) is 19.8 Å². The lowest BCUT2D eigenvalue weighted by molar-refractivity contribution is -0.0378. The van der Waals surface area contributed by atoms with Gasteiger partial charge in [-0.15, -0.1) is 0 Å². The van der Waals surface area contributed by atoms with Crippen molar-refractivity contribution < 1.29 is 14.9 Å². The Balaban J connectivity index is 2.08. The molecule has 1 saturated heterocycles. The minimum absolute atomic E-state index is 0.130. The third-order valence-electron chi connectivity index (χ3n) is 3.25. The number of rotatable bonds is 3. The number of phenols is 1. The number of ether oxygens (including phenoxy) is 1. The third-order valence-corrected chi connectivity index (χ3v) is 3.25. The fourth-order valence-electron chi connectivity index (χ4n) is 2.28. The average Bonchev–Trinajstić information content (AvgIpc) is 2.33. The van der Waals surface area contributed by atoms with Gasteiger partial charge in [-0.3, -0.25) is 0 Å². The smallest absolute Gasteiger partial charge is 0.115 e. The molecular weight excluding hydrogens is 204 g/mol. The van der Waals surface area contributed by atoms with E-state index < -0.39 is 0 Å². The van der Waals surface area contributed by atoms with E-state index in [-0.39, 0.29) is 17.8 Å². The second-order valence-electron chi connectivity index (χ2n) is 4.66. The van der Waals surface area contributed by atoms with Crippen molar-refractivity contribution in [2.45, 2.75) is 19.3 Å². The van der Waals surface area contributed by atoms with E-state index in [2.05, 4.69) is 0 Å². The van der Waals surface area contributed by atoms with Crippen molar-refractivity contribution in [1.29, 1.82) is 0 Å². The fraction of sp³-hybridized carbons (Fsp3) is 0.538. The van der Waals surface area contributed by atoms with Crippen LogP contribution in [0, 0.1) is 5.41 Å². The molecule has 2 rings (SSSR count). The molecule has 1 heterocycles. The van der Waals surface area contributed by atoms with Gasteiger partial charge in [0.15, 0.2) is 0 Å². The van der Waals surface area contributed by atoms with Crippen LogP contribution in [0.4, 0.5) is 0 Å². The van der Waals surface area contributed by atoms with E-state index in [1.165, 1.54) is 0 Å². The molecule has 0 radical (unpaired) electrons. The van der Waals surface area contributed by atoms with Gasteiger partial charge in [-0.25, -0.2) is 0 Å². The van der Waals surface area contributed by atoms with Crippen LogP contribution >= 0.6 is 0 Å². The molecule has 16 heavy (non-hydrogen) atoms. The molecule has 1 aliphatic rings. The standard InChI is InChI=1S/C13H18O3/c14-9-13(6-1-7-16-10-13)8-11-2-4-12(15)5-3-11/h2-5,14-15H,1,6-10H2. The lowest BCUT2D eigenvalue weighted by Gasteiger charge is -2.35. The van der Waals surface area contributed by atoms with Crippen molar-refractivity contribution in [3.63, 3.8) is 0 Å². The zero-order chi connectivity index (χ0) is 11.4. The topological polar surface area (TPSA) is 49.7 Å². The van der Waals surface area contributed by atoms with Gasteiger partial charge >= 0.3 is 0 Å². The first-order chi connectivity index (χ1) is 7.74. The number of aromatic hydroxyl groups is 1. The SMILES string of the molecule is OCC1(Cc2ccc(O)cc2)CCCOC1. The van der Waals surface area contributed by atoms with Crippen molar-refractivity contribution in [3.8, 4) is 5.75 Å². The van der Waals surface area contributed by atoms with Crippen LogP contribution in [-0.2, 0) is 11.2 Å². The number of hydrogen-bond donors (Lipinski definition) is 2. The molecule has 0 amide bonds. The van der Waals surface area contributed by atoms with E-state index in [1.54, 1.807) is 12.1 Å². The average molecular weight is 222 g/mol. The quantitative estimate of drug-likeness (QED) is 0.818. The molecular formula is C13H18O3. The Morgan fingerprint density at radius 1 is 1.25 bits per heavy atom. The zero-order valence-electron chi connectivity index (χ0n) is 9.35. The first-order valence-electron chi connectivity index (χ1n) is 5.71. The molecule has 1 fully saturated rings. The van der Waals surface area contributed by atoms with E-state index in [0.29, 0.717) is 6.61 Å². The Morgan fingerprint density at radius 3 is 2.56 bits per heavy atom. The normalized spacial score (nSPS) is 25.6. The van der Waals surface area contributed by atoms with Gasteiger partial charge in [-0.05, 0) is 37.0 Å². The molecule has 1 aromatic rings. The number of benzene rings is 1. The van der Waals surface area contributed by atoms with Gasteiger partial charge in [0.2, 0.25) is 0 Å². The molecule has 0 bridgehead atoms. The van der Waals surface area contributed by atoms with E-state index in [9.17, 15) is 10.2 Å². The van der Waals surface area contributed by atoms with Gasteiger partial charge in [0.1, 0.15) is 5.75 Å². The highest BCUT2D eigenvalue weighted by molar-refractivity contribution is 5.26. The van der Waals surface area contributed by atoms with Crippen LogP contribution in [0.25, 0.3) is 0 Å². The second-order valence-corrected chi connectivity index (χ2v) is 4.66. The number of aliphatic hydroxyl groups is 1. The molecule has 1 aromatic carbocycles. The molecule has 2 N–H and O–H groups in total. The summed E-state index contributed by atoms with van der Waals surface area (Å²) in [6.45, 7) is 1.59. The van der Waals surface area contributed by atoms with Crippen molar-refractivity contribution >= 4 is 0 Å². The maximum Gasteiger partial charge on any atom is 0.115 e. The summed E-state index contributed by atoms with van der Waals surface area (Å²) in [6, 6.07) is 7.18. The molecule has 88 valence electrons.